The lowest BCUT2D eigenvalue weighted by molar-refractivity contribution is -0.125. The molecule has 3 rings (SSSR count). The molecule has 2 amide bonds. The summed E-state index contributed by atoms with van der Waals surface area (Å²) in [7, 11) is 3.67. The zero-order chi connectivity index (χ0) is 16.6. The summed E-state index contributed by atoms with van der Waals surface area (Å²) in [6.07, 6.45) is 2.48. The molecule has 0 aliphatic carbocycles. The Morgan fingerprint density at radius 3 is 2.57 bits per heavy atom. The number of hydrogen-bond acceptors (Lipinski definition) is 5. The highest BCUT2D eigenvalue weighted by Gasteiger charge is 2.46. The second-order valence-electron chi connectivity index (χ2n) is 5.97. The summed E-state index contributed by atoms with van der Waals surface area (Å²) in [6, 6.07) is 3.25. The van der Waals surface area contributed by atoms with Crippen molar-refractivity contribution in [3.8, 4) is 0 Å². The van der Waals surface area contributed by atoms with Crippen molar-refractivity contribution in [3.63, 3.8) is 0 Å². The van der Waals surface area contributed by atoms with E-state index in [0.717, 1.165) is 0 Å². The minimum Gasteiger partial charge on any atom is -0.349 e. The van der Waals surface area contributed by atoms with Crippen LogP contribution in [0.2, 0.25) is 5.02 Å². The van der Waals surface area contributed by atoms with Crippen molar-refractivity contribution in [1.29, 1.82) is 0 Å². The van der Waals surface area contributed by atoms with Crippen LogP contribution in [0.15, 0.2) is 23.3 Å². The minimum absolute atomic E-state index is 0.0853. The molecule has 2 aliphatic heterocycles. The van der Waals surface area contributed by atoms with Crippen LogP contribution in [0.5, 0.6) is 0 Å². The smallest absolute Gasteiger partial charge is 0.272 e. The zero-order valence-corrected chi connectivity index (χ0v) is 13.8. The van der Waals surface area contributed by atoms with Crippen LogP contribution in [0.25, 0.3) is 0 Å². The quantitative estimate of drug-likeness (QED) is 0.822. The van der Waals surface area contributed by atoms with Crippen molar-refractivity contribution in [2.45, 2.75) is 18.4 Å². The molecule has 0 unspecified atom stereocenters. The number of aliphatic imine (C=N–C) groups is 1. The van der Waals surface area contributed by atoms with Gasteiger partial charge in [0.25, 0.3) is 11.8 Å². The summed E-state index contributed by atoms with van der Waals surface area (Å²) in [5.41, 5.74) is -0.386. The Morgan fingerprint density at radius 2 is 2.04 bits per heavy atom. The molecule has 1 spiro atoms. The van der Waals surface area contributed by atoms with E-state index in [0.29, 0.717) is 42.6 Å². The molecular formula is C15H18ClN5O2. The van der Waals surface area contributed by atoms with E-state index in [1.165, 1.54) is 6.20 Å². The van der Waals surface area contributed by atoms with E-state index < -0.39 is 5.54 Å². The van der Waals surface area contributed by atoms with Crippen molar-refractivity contribution in [1.82, 2.24) is 20.1 Å². The Kier molecular flexibility index (Phi) is 3.97. The number of pyridine rings is 1. The molecule has 122 valence electrons. The second kappa shape index (κ2) is 5.81. The van der Waals surface area contributed by atoms with Gasteiger partial charge in [-0.15, -0.1) is 0 Å². The maximum Gasteiger partial charge on any atom is 0.272 e. The number of halogens is 1. The van der Waals surface area contributed by atoms with Crippen LogP contribution in [-0.4, -0.2) is 65.3 Å². The number of likely N-dealkylation sites (tertiary alicyclic amines) is 1. The first-order valence-corrected chi connectivity index (χ1v) is 7.78. The van der Waals surface area contributed by atoms with E-state index in [4.69, 9.17) is 11.6 Å². The van der Waals surface area contributed by atoms with E-state index in [2.05, 4.69) is 15.3 Å². The first-order chi connectivity index (χ1) is 10.9. The molecule has 0 aromatic carbocycles. The molecule has 0 radical (unpaired) electrons. The lowest BCUT2D eigenvalue weighted by Gasteiger charge is -2.35. The predicted molar refractivity (Wildman–Crippen MR) is 86.4 cm³/mol. The van der Waals surface area contributed by atoms with Crippen LogP contribution in [0.3, 0.4) is 0 Å². The number of guanidine groups is 1. The van der Waals surface area contributed by atoms with Gasteiger partial charge in [0.15, 0.2) is 0 Å². The molecule has 7 nitrogen and oxygen atoms in total. The molecule has 1 fully saturated rings. The summed E-state index contributed by atoms with van der Waals surface area (Å²) < 4.78 is 0. The molecule has 1 aromatic heterocycles. The molecule has 23 heavy (non-hydrogen) atoms. The summed E-state index contributed by atoms with van der Waals surface area (Å²) in [5, 5.41) is 3.30. The molecule has 0 atom stereocenters. The highest BCUT2D eigenvalue weighted by molar-refractivity contribution is 6.30. The fourth-order valence-corrected chi connectivity index (χ4v) is 2.91. The number of amides is 2. The summed E-state index contributed by atoms with van der Waals surface area (Å²) >= 11 is 5.79. The van der Waals surface area contributed by atoms with Crippen molar-refractivity contribution in [2.75, 3.05) is 27.2 Å². The molecule has 1 aromatic rings. The summed E-state index contributed by atoms with van der Waals surface area (Å²) in [6.45, 7) is 0.946. The van der Waals surface area contributed by atoms with E-state index in [-0.39, 0.29) is 11.8 Å². The average Bonchev–Trinajstić information content (AvgIpc) is 2.85. The van der Waals surface area contributed by atoms with Gasteiger partial charge in [0.05, 0.1) is 5.02 Å². The largest absolute Gasteiger partial charge is 0.349 e. The number of nitrogens with zero attached hydrogens (tertiary/aromatic N) is 4. The molecule has 0 saturated carbocycles. The standard InChI is InChI=1S/C15H18ClN5O2/c1-20(2)14-18-13(23)15(19-14)5-7-21(8-6-15)12(22)11-4-3-10(16)9-17-11/h3-4,9H,5-8H2,1-2H3,(H,18,19,23). The monoisotopic (exact) mass is 335 g/mol. The van der Waals surface area contributed by atoms with Gasteiger partial charge < -0.3 is 9.80 Å². The highest BCUT2D eigenvalue weighted by atomic mass is 35.5. The summed E-state index contributed by atoms with van der Waals surface area (Å²) in [4.78, 5) is 36.8. The van der Waals surface area contributed by atoms with E-state index in [1.54, 1.807) is 21.9 Å². The summed E-state index contributed by atoms with van der Waals surface area (Å²) in [5.74, 6) is 0.346. The Balaban J connectivity index is 1.70. The van der Waals surface area contributed by atoms with Crippen molar-refractivity contribution in [2.24, 2.45) is 4.99 Å². The van der Waals surface area contributed by atoms with Crippen LogP contribution in [-0.2, 0) is 4.79 Å². The fourth-order valence-electron chi connectivity index (χ4n) is 2.79. The van der Waals surface area contributed by atoms with Gasteiger partial charge in [-0.3, -0.25) is 14.9 Å². The minimum atomic E-state index is -0.746. The van der Waals surface area contributed by atoms with Gasteiger partial charge in [0, 0.05) is 33.4 Å². The Bertz CT molecular complexity index is 663. The Morgan fingerprint density at radius 1 is 1.35 bits per heavy atom. The van der Waals surface area contributed by atoms with Crippen LogP contribution >= 0.6 is 11.6 Å². The number of carbonyl (C=O) groups is 2. The third kappa shape index (κ3) is 2.88. The maximum atomic E-state index is 12.4. The number of piperidine rings is 1. The zero-order valence-electron chi connectivity index (χ0n) is 13.0. The van der Waals surface area contributed by atoms with E-state index in [9.17, 15) is 9.59 Å². The molecule has 1 saturated heterocycles. The normalized spacial score (nSPS) is 19.5. The number of rotatable bonds is 1. The van der Waals surface area contributed by atoms with Gasteiger partial charge in [0.2, 0.25) is 5.96 Å². The third-order valence-corrected chi connectivity index (χ3v) is 4.44. The van der Waals surface area contributed by atoms with Gasteiger partial charge in [-0.1, -0.05) is 11.6 Å². The van der Waals surface area contributed by atoms with Crippen LogP contribution < -0.4 is 5.32 Å². The van der Waals surface area contributed by atoms with Crippen LogP contribution in [0.4, 0.5) is 0 Å². The highest BCUT2D eigenvalue weighted by Crippen LogP contribution is 2.30. The molecule has 3 heterocycles. The van der Waals surface area contributed by atoms with Crippen LogP contribution in [0.1, 0.15) is 23.3 Å². The van der Waals surface area contributed by atoms with Gasteiger partial charge in [0.1, 0.15) is 11.2 Å². The number of nitrogens with one attached hydrogen (secondary N) is 1. The maximum absolute atomic E-state index is 12.4. The lowest BCUT2D eigenvalue weighted by atomic mass is 9.88. The SMILES string of the molecule is CN(C)C1=NC2(CCN(C(=O)c3ccc(Cl)cn3)CC2)C(=O)N1. The van der Waals surface area contributed by atoms with Gasteiger partial charge in [-0.25, -0.2) is 9.98 Å². The van der Waals surface area contributed by atoms with Crippen LogP contribution in [0, 0.1) is 0 Å². The average molecular weight is 336 g/mol. The number of carbonyl (C=O) groups excluding carboxylic acids is 2. The van der Waals surface area contributed by atoms with E-state index in [1.807, 2.05) is 14.1 Å². The number of aromatic nitrogens is 1. The molecule has 8 heteroatoms. The van der Waals surface area contributed by atoms with Gasteiger partial charge in [-0.2, -0.15) is 0 Å². The van der Waals surface area contributed by atoms with Crippen molar-refractivity contribution >= 4 is 29.4 Å². The fraction of sp³-hybridized carbons (Fsp3) is 0.467. The second-order valence-corrected chi connectivity index (χ2v) is 6.41. The molecule has 0 bridgehead atoms. The lowest BCUT2D eigenvalue weighted by Crippen LogP contribution is -2.50. The Labute approximate surface area is 139 Å². The first-order valence-electron chi connectivity index (χ1n) is 7.41. The van der Waals surface area contributed by atoms with E-state index >= 15 is 0 Å². The number of hydrogen-bond donors (Lipinski definition) is 1. The third-order valence-electron chi connectivity index (χ3n) is 4.22. The molecule has 2 aliphatic rings. The van der Waals surface area contributed by atoms with Crippen molar-refractivity contribution < 1.29 is 9.59 Å². The van der Waals surface area contributed by atoms with Crippen molar-refractivity contribution in [3.05, 3.63) is 29.0 Å². The van der Waals surface area contributed by atoms with Gasteiger partial charge >= 0.3 is 0 Å². The predicted octanol–water partition coefficient (Wildman–Crippen LogP) is 0.757. The Hall–Kier alpha value is -2.15. The molecule has 1 N–H and O–H groups in total. The first kappa shape index (κ1) is 15.7. The van der Waals surface area contributed by atoms with Gasteiger partial charge in [-0.05, 0) is 25.0 Å². The topological polar surface area (TPSA) is 77.9 Å². The molecular weight excluding hydrogens is 318 g/mol.